The van der Waals surface area contributed by atoms with Crippen LogP contribution in [0.3, 0.4) is 0 Å². The molecular formula is C23H29N3O3. The highest BCUT2D eigenvalue weighted by Gasteiger charge is 2.17. The molecule has 0 aromatic heterocycles. The van der Waals surface area contributed by atoms with Gasteiger partial charge in [0, 0.05) is 36.0 Å². The van der Waals surface area contributed by atoms with Crippen LogP contribution in [-0.2, 0) is 6.54 Å². The second-order valence-electron chi connectivity index (χ2n) is 7.94. The fraction of sp³-hybridized carbons (Fsp3) is 0.435. The Morgan fingerprint density at radius 3 is 2.48 bits per heavy atom. The largest absolute Gasteiger partial charge is 0.322 e. The van der Waals surface area contributed by atoms with Crippen LogP contribution in [0.25, 0.3) is 0 Å². The van der Waals surface area contributed by atoms with Gasteiger partial charge in [-0.05, 0) is 43.0 Å². The Balaban J connectivity index is 1.58. The number of non-ortho nitro benzene ring substituents is 1. The van der Waals surface area contributed by atoms with Gasteiger partial charge in [-0.3, -0.25) is 14.9 Å². The van der Waals surface area contributed by atoms with Crippen molar-refractivity contribution < 1.29 is 9.72 Å². The van der Waals surface area contributed by atoms with Gasteiger partial charge in [-0.2, -0.15) is 0 Å². The van der Waals surface area contributed by atoms with E-state index in [1.165, 1.54) is 62.8 Å². The van der Waals surface area contributed by atoms with Gasteiger partial charge in [0.25, 0.3) is 11.6 Å². The van der Waals surface area contributed by atoms with Crippen LogP contribution >= 0.6 is 0 Å². The number of anilines is 1. The number of nitrogens with one attached hydrogen (secondary N) is 2. The molecule has 0 aliphatic heterocycles. The lowest BCUT2D eigenvalue weighted by atomic mass is 9.85. The minimum absolute atomic E-state index is 0.0295. The Morgan fingerprint density at radius 1 is 1.10 bits per heavy atom. The van der Waals surface area contributed by atoms with Crippen LogP contribution in [0.5, 0.6) is 0 Å². The van der Waals surface area contributed by atoms with E-state index in [1.54, 1.807) is 0 Å². The van der Waals surface area contributed by atoms with E-state index in [4.69, 9.17) is 0 Å². The van der Waals surface area contributed by atoms with E-state index >= 15 is 0 Å². The van der Waals surface area contributed by atoms with Crippen molar-refractivity contribution in [2.75, 3.05) is 5.32 Å². The van der Waals surface area contributed by atoms with Crippen molar-refractivity contribution in [2.24, 2.45) is 5.92 Å². The molecule has 6 heteroatoms. The van der Waals surface area contributed by atoms with Gasteiger partial charge in [-0.15, -0.1) is 0 Å². The van der Waals surface area contributed by atoms with Gasteiger partial charge >= 0.3 is 0 Å². The summed E-state index contributed by atoms with van der Waals surface area (Å²) in [6.45, 7) is 2.91. The molecule has 1 aliphatic rings. The topological polar surface area (TPSA) is 84.3 Å². The van der Waals surface area contributed by atoms with Crippen LogP contribution in [0.4, 0.5) is 11.4 Å². The number of carbonyl (C=O) groups is 1. The van der Waals surface area contributed by atoms with Crippen LogP contribution in [-0.4, -0.2) is 16.9 Å². The molecule has 2 N–H and O–H groups in total. The molecule has 1 aliphatic carbocycles. The summed E-state index contributed by atoms with van der Waals surface area (Å²) >= 11 is 0. The third-order valence-electron chi connectivity index (χ3n) is 5.66. The molecule has 1 fully saturated rings. The van der Waals surface area contributed by atoms with Crippen molar-refractivity contribution in [3.63, 3.8) is 0 Å². The Bertz CT molecular complexity index is 830. The first-order valence-corrected chi connectivity index (χ1v) is 10.4. The molecule has 2 aromatic rings. The van der Waals surface area contributed by atoms with E-state index in [9.17, 15) is 14.9 Å². The number of nitro benzene ring substituents is 1. The smallest absolute Gasteiger partial charge is 0.269 e. The standard InChI is InChI=1S/C23H29N3O3/c1-17(15-18-7-3-2-4-8-18)24-16-20-9-5-6-10-22(20)25-23(27)19-11-13-21(14-12-19)26(28)29/h5-6,9-14,17-18,24H,2-4,7-8,15-16H2,1H3,(H,25,27)/t17-/m0/s1. The Labute approximate surface area is 171 Å². The van der Waals surface area contributed by atoms with Crippen LogP contribution in [0.15, 0.2) is 48.5 Å². The highest BCUT2D eigenvalue weighted by Crippen LogP contribution is 2.27. The Morgan fingerprint density at radius 2 is 1.79 bits per heavy atom. The predicted octanol–water partition coefficient (Wildman–Crippen LogP) is 5.30. The number of nitrogens with zero attached hydrogens (tertiary/aromatic N) is 1. The minimum atomic E-state index is -0.475. The SMILES string of the molecule is C[C@@H](CC1CCCCC1)NCc1ccccc1NC(=O)c1ccc([N+](=O)[O-])cc1. The van der Waals surface area contributed by atoms with Crippen LogP contribution in [0, 0.1) is 16.0 Å². The second-order valence-corrected chi connectivity index (χ2v) is 7.94. The zero-order valence-electron chi connectivity index (χ0n) is 16.9. The number of nitro groups is 1. The zero-order valence-corrected chi connectivity index (χ0v) is 16.9. The average Bonchev–Trinajstić information content (AvgIpc) is 2.74. The normalized spacial score (nSPS) is 15.6. The number of rotatable bonds is 8. The number of carbonyl (C=O) groups excluding carboxylic acids is 1. The number of benzene rings is 2. The highest BCUT2D eigenvalue weighted by molar-refractivity contribution is 6.04. The van der Waals surface area contributed by atoms with Crippen LogP contribution in [0.2, 0.25) is 0 Å². The third-order valence-corrected chi connectivity index (χ3v) is 5.66. The van der Waals surface area contributed by atoms with Gasteiger partial charge in [0.1, 0.15) is 0 Å². The van der Waals surface area contributed by atoms with Gasteiger partial charge < -0.3 is 10.6 Å². The lowest BCUT2D eigenvalue weighted by molar-refractivity contribution is -0.384. The van der Waals surface area contributed by atoms with Gasteiger partial charge in [0.05, 0.1) is 4.92 Å². The molecule has 0 radical (unpaired) electrons. The third kappa shape index (κ3) is 6.12. The molecule has 0 heterocycles. The molecule has 0 bridgehead atoms. The second kappa shape index (κ2) is 10.2. The van der Waals surface area contributed by atoms with Crippen molar-refractivity contribution in [1.82, 2.24) is 5.32 Å². The van der Waals surface area contributed by atoms with Crippen molar-refractivity contribution >= 4 is 17.3 Å². The number of hydrogen-bond donors (Lipinski definition) is 2. The molecule has 154 valence electrons. The van der Waals surface area contributed by atoms with Crippen molar-refractivity contribution in [2.45, 2.75) is 58.0 Å². The lowest BCUT2D eigenvalue weighted by Crippen LogP contribution is -2.29. The maximum atomic E-state index is 12.5. The van der Waals surface area contributed by atoms with Crippen molar-refractivity contribution in [3.05, 3.63) is 69.8 Å². The summed E-state index contributed by atoms with van der Waals surface area (Å²) in [6.07, 6.45) is 7.96. The Kier molecular flexibility index (Phi) is 7.36. The number of hydrogen-bond acceptors (Lipinski definition) is 4. The first-order chi connectivity index (χ1) is 14.0. The molecule has 1 atom stereocenters. The first-order valence-electron chi connectivity index (χ1n) is 10.4. The van der Waals surface area contributed by atoms with Gasteiger partial charge in [-0.1, -0.05) is 50.3 Å². The molecule has 6 nitrogen and oxygen atoms in total. The summed E-state index contributed by atoms with van der Waals surface area (Å²) in [5.41, 5.74) is 2.15. The Hall–Kier alpha value is -2.73. The van der Waals surface area contributed by atoms with E-state index in [0.717, 1.165) is 17.2 Å². The first kappa shape index (κ1) is 21.0. The summed E-state index contributed by atoms with van der Waals surface area (Å²) in [4.78, 5) is 22.8. The van der Waals surface area contributed by atoms with E-state index in [2.05, 4.69) is 17.6 Å². The summed E-state index contributed by atoms with van der Waals surface area (Å²) < 4.78 is 0. The monoisotopic (exact) mass is 395 g/mol. The van der Waals surface area contributed by atoms with Crippen molar-refractivity contribution in [1.29, 1.82) is 0 Å². The van der Waals surface area contributed by atoms with Crippen LogP contribution < -0.4 is 10.6 Å². The van der Waals surface area contributed by atoms with E-state index in [0.29, 0.717) is 18.2 Å². The molecule has 1 saturated carbocycles. The highest BCUT2D eigenvalue weighted by atomic mass is 16.6. The summed E-state index contributed by atoms with van der Waals surface area (Å²) in [6, 6.07) is 13.8. The number of para-hydroxylation sites is 1. The summed E-state index contributed by atoms with van der Waals surface area (Å²) in [5, 5.41) is 17.3. The number of amides is 1. The van der Waals surface area contributed by atoms with Gasteiger partial charge in [-0.25, -0.2) is 0 Å². The molecule has 0 saturated heterocycles. The van der Waals surface area contributed by atoms with E-state index in [1.807, 2.05) is 24.3 Å². The van der Waals surface area contributed by atoms with Crippen molar-refractivity contribution in [3.8, 4) is 0 Å². The predicted molar refractivity (Wildman–Crippen MR) is 115 cm³/mol. The summed E-state index contributed by atoms with van der Waals surface area (Å²) in [7, 11) is 0. The molecule has 3 rings (SSSR count). The zero-order chi connectivity index (χ0) is 20.6. The molecule has 0 spiro atoms. The fourth-order valence-electron chi connectivity index (χ4n) is 4.02. The lowest BCUT2D eigenvalue weighted by Gasteiger charge is -2.25. The molecule has 0 unspecified atom stereocenters. The molecular weight excluding hydrogens is 366 g/mol. The molecule has 2 aromatic carbocycles. The summed E-state index contributed by atoms with van der Waals surface area (Å²) in [5.74, 6) is 0.547. The van der Waals surface area contributed by atoms with Gasteiger partial charge in [0.2, 0.25) is 0 Å². The van der Waals surface area contributed by atoms with E-state index < -0.39 is 4.92 Å². The maximum Gasteiger partial charge on any atom is 0.269 e. The average molecular weight is 396 g/mol. The van der Waals surface area contributed by atoms with Gasteiger partial charge in [0.15, 0.2) is 0 Å². The quantitative estimate of drug-likeness (QED) is 0.469. The maximum absolute atomic E-state index is 12.5. The minimum Gasteiger partial charge on any atom is -0.322 e. The fourth-order valence-corrected chi connectivity index (χ4v) is 4.02. The molecule has 29 heavy (non-hydrogen) atoms. The molecule has 1 amide bonds. The van der Waals surface area contributed by atoms with Crippen LogP contribution in [0.1, 0.15) is 61.4 Å². The van der Waals surface area contributed by atoms with E-state index in [-0.39, 0.29) is 11.6 Å².